The second-order valence-corrected chi connectivity index (χ2v) is 9.74. The summed E-state index contributed by atoms with van der Waals surface area (Å²) in [4.78, 5) is 40.0. The van der Waals surface area contributed by atoms with Gasteiger partial charge in [0.1, 0.15) is 0 Å². The highest BCUT2D eigenvalue weighted by atomic mass is 19.2. The molecule has 8 nitrogen and oxygen atoms in total. The highest BCUT2D eigenvalue weighted by molar-refractivity contribution is 5.96. The van der Waals surface area contributed by atoms with E-state index in [4.69, 9.17) is 9.47 Å². The predicted octanol–water partition coefficient (Wildman–Crippen LogP) is 4.05. The van der Waals surface area contributed by atoms with Crippen LogP contribution in [-0.2, 0) is 9.53 Å². The van der Waals surface area contributed by atoms with E-state index in [0.717, 1.165) is 12.3 Å². The van der Waals surface area contributed by atoms with Crippen LogP contribution in [0.4, 0.5) is 8.78 Å². The van der Waals surface area contributed by atoms with Crippen molar-refractivity contribution in [3.05, 3.63) is 93.4 Å². The Morgan fingerprint density at radius 3 is 2.61 bits per heavy atom. The Morgan fingerprint density at radius 1 is 1.11 bits per heavy atom. The first-order valence-electron chi connectivity index (χ1n) is 12.5. The molecule has 5 rings (SSSR count). The van der Waals surface area contributed by atoms with E-state index >= 15 is 4.39 Å². The molecule has 3 atom stereocenters. The third-order valence-corrected chi connectivity index (χ3v) is 7.10. The molecule has 0 saturated carbocycles. The average Bonchev–Trinajstić information content (AvgIpc) is 3.40. The van der Waals surface area contributed by atoms with Gasteiger partial charge >= 0.3 is 5.97 Å². The molecule has 0 N–H and O–H groups in total. The van der Waals surface area contributed by atoms with E-state index in [9.17, 15) is 18.8 Å². The van der Waals surface area contributed by atoms with Gasteiger partial charge in [-0.2, -0.15) is 5.10 Å². The number of amides is 1. The van der Waals surface area contributed by atoms with Crippen LogP contribution in [0, 0.1) is 17.6 Å². The Hall–Kier alpha value is -4.08. The van der Waals surface area contributed by atoms with Crippen molar-refractivity contribution in [2.45, 2.75) is 44.7 Å². The van der Waals surface area contributed by atoms with Crippen molar-refractivity contribution in [2.75, 3.05) is 13.3 Å². The molecule has 3 aromatic rings. The van der Waals surface area contributed by atoms with Gasteiger partial charge in [0.25, 0.3) is 5.91 Å². The molecule has 0 aliphatic carbocycles. The highest BCUT2D eigenvalue weighted by Crippen LogP contribution is 2.46. The molecule has 0 radical (unpaired) electrons. The number of hydrogen-bond donors (Lipinski definition) is 0. The van der Waals surface area contributed by atoms with Crippen LogP contribution < -0.4 is 10.2 Å². The minimum absolute atomic E-state index is 0.112. The van der Waals surface area contributed by atoms with Crippen molar-refractivity contribution in [1.29, 1.82) is 0 Å². The lowest BCUT2D eigenvalue weighted by Crippen LogP contribution is -2.51. The van der Waals surface area contributed by atoms with Gasteiger partial charge in [-0.3, -0.25) is 19.1 Å². The van der Waals surface area contributed by atoms with Crippen LogP contribution in [0.25, 0.3) is 0 Å². The lowest BCUT2D eigenvalue weighted by atomic mass is 9.79. The largest absolute Gasteiger partial charge is 0.451 e. The van der Waals surface area contributed by atoms with Gasteiger partial charge in [-0.25, -0.2) is 8.78 Å². The summed E-state index contributed by atoms with van der Waals surface area (Å²) in [5, 5.41) is 4.32. The minimum Gasteiger partial charge on any atom is -0.451 e. The molecule has 198 valence electrons. The van der Waals surface area contributed by atoms with Crippen LogP contribution in [0.2, 0.25) is 0 Å². The molecule has 1 fully saturated rings. The summed E-state index contributed by atoms with van der Waals surface area (Å²) < 4.78 is 41.8. The fraction of sp³-hybridized carbons (Fsp3) is 0.357. The summed E-state index contributed by atoms with van der Waals surface area (Å²) >= 11 is 0. The van der Waals surface area contributed by atoms with E-state index in [-0.39, 0.29) is 23.0 Å². The fourth-order valence-corrected chi connectivity index (χ4v) is 5.37. The third-order valence-electron chi connectivity index (χ3n) is 7.10. The summed E-state index contributed by atoms with van der Waals surface area (Å²) in [5.41, 5.74) is 0.0407. The molecule has 38 heavy (non-hydrogen) atoms. The SMILES string of the molecule is CC(C)C(=O)OCOc1c2n(ncc1=O)[C@@H]([C@H](c1ccccc1)c1cccc(F)c1F)[C@H]1CCCN1C2=O. The molecule has 2 aromatic carbocycles. The number of fused-ring (bicyclic) bond motifs is 2. The molecule has 1 amide bonds. The number of ether oxygens (including phenoxy) is 2. The van der Waals surface area contributed by atoms with Crippen molar-refractivity contribution in [3.63, 3.8) is 0 Å². The number of rotatable bonds is 7. The smallest absolute Gasteiger partial charge is 0.311 e. The van der Waals surface area contributed by atoms with Crippen molar-refractivity contribution in [3.8, 4) is 5.75 Å². The Bertz CT molecular complexity index is 1430. The monoisotopic (exact) mass is 523 g/mol. The van der Waals surface area contributed by atoms with Crippen LogP contribution >= 0.6 is 0 Å². The van der Waals surface area contributed by atoms with Gasteiger partial charge in [-0.15, -0.1) is 0 Å². The van der Waals surface area contributed by atoms with Crippen LogP contribution in [0.3, 0.4) is 0 Å². The number of aromatic nitrogens is 2. The molecule has 0 unspecified atom stereocenters. The molecule has 0 bridgehead atoms. The normalized spacial score (nSPS) is 19.2. The van der Waals surface area contributed by atoms with Crippen LogP contribution in [0.1, 0.15) is 60.3 Å². The zero-order chi connectivity index (χ0) is 27.0. The van der Waals surface area contributed by atoms with Gasteiger partial charge < -0.3 is 14.4 Å². The van der Waals surface area contributed by atoms with Crippen molar-refractivity contribution < 1.29 is 27.8 Å². The number of benzene rings is 2. The second-order valence-electron chi connectivity index (χ2n) is 9.74. The molecular formula is C28H27F2N3O5. The highest BCUT2D eigenvalue weighted by Gasteiger charge is 2.48. The Balaban J connectivity index is 1.68. The van der Waals surface area contributed by atoms with E-state index in [1.165, 1.54) is 16.8 Å². The Morgan fingerprint density at radius 2 is 1.87 bits per heavy atom. The maximum absolute atomic E-state index is 15.3. The molecule has 1 saturated heterocycles. The molecule has 3 heterocycles. The first-order valence-corrected chi connectivity index (χ1v) is 12.5. The zero-order valence-corrected chi connectivity index (χ0v) is 21.0. The van der Waals surface area contributed by atoms with Gasteiger partial charge in [0.05, 0.1) is 24.2 Å². The van der Waals surface area contributed by atoms with E-state index in [1.807, 2.05) is 18.2 Å². The molecule has 10 heteroatoms. The number of carbonyl (C=O) groups excluding carboxylic acids is 2. The predicted molar refractivity (Wildman–Crippen MR) is 133 cm³/mol. The maximum Gasteiger partial charge on any atom is 0.311 e. The average molecular weight is 524 g/mol. The number of esters is 1. The summed E-state index contributed by atoms with van der Waals surface area (Å²) in [5.74, 6) is -4.40. The Labute approximate surface area is 217 Å². The van der Waals surface area contributed by atoms with Gasteiger partial charge in [-0.05, 0) is 24.5 Å². The molecular weight excluding hydrogens is 496 g/mol. The lowest BCUT2D eigenvalue weighted by Gasteiger charge is -2.42. The first-order chi connectivity index (χ1) is 18.3. The van der Waals surface area contributed by atoms with E-state index in [0.29, 0.717) is 24.9 Å². The topological polar surface area (TPSA) is 90.7 Å². The number of carbonyl (C=O) groups is 2. The fourth-order valence-electron chi connectivity index (χ4n) is 5.37. The molecule has 2 aliphatic heterocycles. The summed E-state index contributed by atoms with van der Waals surface area (Å²) in [7, 11) is 0. The number of halogens is 2. The second kappa shape index (κ2) is 10.4. The quantitative estimate of drug-likeness (QED) is 0.343. The van der Waals surface area contributed by atoms with Crippen molar-refractivity contribution in [1.82, 2.24) is 14.7 Å². The lowest BCUT2D eigenvalue weighted by molar-refractivity contribution is -0.154. The molecule has 2 aliphatic rings. The van der Waals surface area contributed by atoms with Gasteiger partial charge in [0.2, 0.25) is 18.0 Å². The minimum atomic E-state index is -0.984. The third kappa shape index (κ3) is 4.44. The molecule has 0 spiro atoms. The van der Waals surface area contributed by atoms with E-state index < -0.39 is 53.6 Å². The van der Waals surface area contributed by atoms with Crippen LogP contribution in [0.15, 0.2) is 59.5 Å². The van der Waals surface area contributed by atoms with Crippen LogP contribution in [-0.4, -0.2) is 45.9 Å². The molecule has 1 aromatic heterocycles. The first kappa shape index (κ1) is 25.6. The van der Waals surface area contributed by atoms with Crippen molar-refractivity contribution in [2.24, 2.45) is 5.92 Å². The maximum atomic E-state index is 15.3. The van der Waals surface area contributed by atoms with E-state index in [2.05, 4.69) is 5.10 Å². The summed E-state index contributed by atoms with van der Waals surface area (Å²) in [6.45, 7) is 3.17. The van der Waals surface area contributed by atoms with Crippen LogP contribution in [0.5, 0.6) is 5.75 Å². The van der Waals surface area contributed by atoms with E-state index in [1.54, 1.807) is 30.9 Å². The standard InChI is InChI=1S/C28H27F2N3O5/c1-16(2)28(36)38-15-37-26-21(34)14-31-33-24(20-12-7-13-32(20)27(35)25(26)33)22(17-8-4-3-5-9-17)18-10-6-11-19(29)23(18)30/h3-6,8-11,14,16,20,22,24H,7,12-13,15H2,1-2H3/t20-,22-,24-/m1/s1. The Kier molecular flexibility index (Phi) is 6.96. The number of nitrogens with zero attached hydrogens (tertiary/aromatic N) is 3. The van der Waals surface area contributed by atoms with Crippen molar-refractivity contribution >= 4 is 11.9 Å². The van der Waals surface area contributed by atoms with Gasteiger partial charge in [-0.1, -0.05) is 56.3 Å². The van der Waals surface area contributed by atoms with Gasteiger partial charge in [0.15, 0.2) is 17.3 Å². The van der Waals surface area contributed by atoms with Gasteiger partial charge in [0, 0.05) is 18.0 Å². The zero-order valence-electron chi connectivity index (χ0n) is 21.0. The summed E-state index contributed by atoms with van der Waals surface area (Å²) in [6.07, 6.45) is 2.34. The summed E-state index contributed by atoms with van der Waals surface area (Å²) in [6, 6.07) is 12.0. The number of hydrogen-bond acceptors (Lipinski definition) is 6.